The van der Waals surface area contributed by atoms with Crippen molar-refractivity contribution in [3.63, 3.8) is 0 Å². The summed E-state index contributed by atoms with van der Waals surface area (Å²) in [6.07, 6.45) is -0.416. The first-order valence-electron chi connectivity index (χ1n) is 10.2. The minimum Gasteiger partial charge on any atom is -0.507 e. The lowest BCUT2D eigenvalue weighted by Crippen LogP contribution is -2.40. The fourth-order valence-electron chi connectivity index (χ4n) is 4.26. The highest BCUT2D eigenvalue weighted by Gasteiger charge is 2.34. The lowest BCUT2D eigenvalue weighted by molar-refractivity contribution is 0.0630. The molecule has 1 saturated heterocycles. The molecule has 2 atom stereocenters. The average molecular weight is 494 g/mol. The van der Waals surface area contributed by atoms with E-state index >= 15 is 0 Å². The molecule has 1 fully saturated rings. The fourth-order valence-corrected chi connectivity index (χ4v) is 4.88. The molecule has 2 unspecified atom stereocenters. The molecule has 9 nitrogen and oxygen atoms in total. The fraction of sp³-hybridized carbons (Fsp3) is 0.286. The minimum atomic E-state index is -5.05. The normalized spacial score (nSPS) is 19.7. The zero-order chi connectivity index (χ0) is 24.1. The first kappa shape index (κ1) is 23.8. The number of phosphoric ester groups is 1. The smallest absolute Gasteiger partial charge is 0.507 e. The molecule has 0 spiro atoms. The quantitative estimate of drug-likeness (QED) is 0.313. The van der Waals surface area contributed by atoms with Crippen LogP contribution in [-0.4, -0.2) is 59.0 Å². The highest BCUT2D eigenvalue weighted by Crippen LogP contribution is 2.47. The number of aliphatic hydroxyl groups is 1. The van der Waals surface area contributed by atoms with Gasteiger partial charge in [0.15, 0.2) is 5.43 Å². The summed E-state index contributed by atoms with van der Waals surface area (Å²) in [5, 5.41) is 21.7. The van der Waals surface area contributed by atoms with Crippen molar-refractivity contribution in [2.24, 2.45) is 0 Å². The number of nitrogens with zero attached hydrogens (tertiary/aromatic N) is 1. The van der Waals surface area contributed by atoms with Crippen molar-refractivity contribution in [3.8, 4) is 22.8 Å². The van der Waals surface area contributed by atoms with Crippen LogP contribution in [0.2, 0.25) is 5.02 Å². The van der Waals surface area contributed by atoms with Gasteiger partial charge in [0.2, 0.25) is 0 Å². The van der Waals surface area contributed by atoms with E-state index in [2.05, 4.69) is 0 Å². The third kappa shape index (κ3) is 4.68. The van der Waals surface area contributed by atoms with Crippen molar-refractivity contribution in [3.05, 3.63) is 51.1 Å². The molecular formula is C21H22BClNO8P. The summed E-state index contributed by atoms with van der Waals surface area (Å²) in [6, 6.07) is 7.33. The zero-order valence-corrected chi connectivity index (χ0v) is 19.5. The summed E-state index contributed by atoms with van der Waals surface area (Å²) in [6.45, 7) is 0.955. The molecule has 0 radical (unpaired) electrons. The number of rotatable bonds is 4. The van der Waals surface area contributed by atoms with Crippen molar-refractivity contribution in [2.45, 2.75) is 18.4 Å². The average Bonchev–Trinajstić information content (AvgIpc) is 2.69. The molecule has 4 N–H and O–H groups in total. The first-order valence-corrected chi connectivity index (χ1v) is 12.1. The maximum Gasteiger partial charge on any atom is 0.524 e. The number of phenolic OH excluding ortho intramolecular Hbond substituents is 1. The summed E-state index contributed by atoms with van der Waals surface area (Å²) in [4.78, 5) is 33.7. The number of fused-ring (bicyclic) bond motifs is 1. The molecular weight excluding hydrogens is 471 g/mol. The Kier molecular flexibility index (Phi) is 6.35. The molecule has 1 aliphatic rings. The van der Waals surface area contributed by atoms with Crippen LogP contribution in [0.4, 0.5) is 0 Å². The van der Waals surface area contributed by atoms with Crippen LogP contribution in [0.15, 0.2) is 39.5 Å². The predicted octanol–water partition coefficient (Wildman–Crippen LogP) is 1.33. The van der Waals surface area contributed by atoms with Crippen molar-refractivity contribution in [2.75, 3.05) is 20.1 Å². The number of aliphatic hydroxyl groups excluding tert-OH is 1. The van der Waals surface area contributed by atoms with Crippen molar-refractivity contribution in [1.82, 2.24) is 4.90 Å². The maximum atomic E-state index is 13.2. The van der Waals surface area contributed by atoms with E-state index < -0.39 is 36.8 Å². The van der Waals surface area contributed by atoms with E-state index in [1.165, 1.54) is 0 Å². The van der Waals surface area contributed by atoms with Gasteiger partial charge in [0, 0.05) is 40.7 Å². The highest BCUT2D eigenvalue weighted by atomic mass is 35.5. The second kappa shape index (κ2) is 8.79. The van der Waals surface area contributed by atoms with E-state index in [0.29, 0.717) is 30.1 Å². The Morgan fingerprint density at radius 1 is 1.30 bits per heavy atom. The third-order valence-corrected chi connectivity index (χ3v) is 6.75. The number of phenols is 1. The lowest BCUT2D eigenvalue weighted by Gasteiger charge is -2.34. The topological polar surface area (TPSA) is 141 Å². The van der Waals surface area contributed by atoms with Gasteiger partial charge >= 0.3 is 7.82 Å². The number of piperidine rings is 1. The summed E-state index contributed by atoms with van der Waals surface area (Å²) < 4.78 is 22.3. The molecule has 2 aromatic carbocycles. The van der Waals surface area contributed by atoms with E-state index in [1.807, 2.05) is 11.9 Å². The molecule has 12 heteroatoms. The van der Waals surface area contributed by atoms with Gasteiger partial charge in [0.05, 0.1) is 6.10 Å². The summed E-state index contributed by atoms with van der Waals surface area (Å²) in [7, 11) is -1.40. The van der Waals surface area contributed by atoms with Crippen molar-refractivity contribution >= 4 is 43.7 Å². The van der Waals surface area contributed by atoms with Gasteiger partial charge in [-0.05, 0) is 26.1 Å². The summed E-state index contributed by atoms with van der Waals surface area (Å²) >= 11 is 6.42. The molecule has 33 heavy (non-hydrogen) atoms. The van der Waals surface area contributed by atoms with Gasteiger partial charge in [-0.2, -0.15) is 0 Å². The number of hydrogen-bond donors (Lipinski definition) is 4. The Bertz CT molecular complexity index is 1340. The Morgan fingerprint density at radius 2 is 2.03 bits per heavy atom. The van der Waals surface area contributed by atoms with Gasteiger partial charge in [-0.1, -0.05) is 29.2 Å². The number of likely N-dealkylation sites (N-methyl/N-ethyl adjacent to an activating group) is 1. The number of halogens is 1. The van der Waals surface area contributed by atoms with Gasteiger partial charge in [-0.15, -0.1) is 0 Å². The molecule has 3 aromatic rings. The number of β-amino-alcohol motifs (C(OH)–C–C–N with tert-alkyl or cyclic N) is 1. The van der Waals surface area contributed by atoms with E-state index in [1.54, 1.807) is 26.0 Å². The Balaban J connectivity index is 2.04. The van der Waals surface area contributed by atoms with Gasteiger partial charge < -0.3 is 24.1 Å². The molecule has 0 bridgehead atoms. The van der Waals surface area contributed by atoms with Crippen LogP contribution in [0, 0.1) is 0 Å². The largest absolute Gasteiger partial charge is 0.524 e. The molecule has 1 aromatic heterocycles. The second-order valence-corrected chi connectivity index (χ2v) is 9.77. The molecule has 174 valence electrons. The van der Waals surface area contributed by atoms with Gasteiger partial charge in [0.1, 0.15) is 36.1 Å². The number of likely N-dealkylation sites (tertiary alicyclic amines) is 1. The predicted molar refractivity (Wildman–Crippen MR) is 126 cm³/mol. The van der Waals surface area contributed by atoms with Crippen LogP contribution in [0.5, 0.6) is 11.5 Å². The van der Waals surface area contributed by atoms with Gasteiger partial charge in [-0.3, -0.25) is 14.6 Å². The van der Waals surface area contributed by atoms with Crippen molar-refractivity contribution < 1.29 is 33.5 Å². The minimum absolute atomic E-state index is 0.109. The Morgan fingerprint density at radius 3 is 2.70 bits per heavy atom. The molecule has 4 rings (SSSR count). The van der Waals surface area contributed by atoms with Crippen LogP contribution < -0.4 is 15.4 Å². The highest BCUT2D eigenvalue weighted by molar-refractivity contribution is 7.46. The number of phosphoric acid groups is 1. The van der Waals surface area contributed by atoms with E-state index in [4.69, 9.17) is 20.5 Å². The molecule has 0 amide bonds. The number of benzene rings is 2. The molecule has 1 aliphatic heterocycles. The SMILES string of the molecule is Bc1cccc(-c2cc(=O)c3c(OP(=O)(O)O)cc(O)c(C4CCN(C)CC4O)c3o2)c1Cl. The monoisotopic (exact) mass is 493 g/mol. The van der Waals surface area contributed by atoms with E-state index in [-0.39, 0.29) is 22.3 Å². The summed E-state index contributed by atoms with van der Waals surface area (Å²) in [5.41, 5.74) is 0.602. The van der Waals surface area contributed by atoms with Crippen LogP contribution in [0.1, 0.15) is 17.9 Å². The van der Waals surface area contributed by atoms with Gasteiger partial charge in [-0.25, -0.2) is 4.57 Å². The Hall–Kier alpha value is -2.33. The maximum absolute atomic E-state index is 13.2. The van der Waals surface area contributed by atoms with Crippen molar-refractivity contribution in [1.29, 1.82) is 0 Å². The molecule has 0 saturated carbocycles. The zero-order valence-electron chi connectivity index (χ0n) is 17.9. The first-order chi connectivity index (χ1) is 15.5. The lowest BCUT2D eigenvalue weighted by atomic mass is 9.85. The molecule has 2 heterocycles. The second-order valence-electron chi connectivity index (χ2n) is 8.23. The van der Waals surface area contributed by atoms with Crippen LogP contribution in [0.25, 0.3) is 22.3 Å². The summed E-state index contributed by atoms with van der Waals surface area (Å²) in [5.74, 6) is -1.40. The van der Waals surface area contributed by atoms with Crippen LogP contribution in [0.3, 0.4) is 0 Å². The molecule has 0 aliphatic carbocycles. The van der Waals surface area contributed by atoms with Gasteiger partial charge in [0.25, 0.3) is 0 Å². The van der Waals surface area contributed by atoms with Crippen LogP contribution in [-0.2, 0) is 4.57 Å². The Labute approximate surface area is 194 Å². The van der Waals surface area contributed by atoms with E-state index in [0.717, 1.165) is 17.6 Å². The standard InChI is InChI=1S/C21H22BClNO8P/c1-24-6-5-10(15(27)9-24)18-13(25)8-17(32-33(28,29)30)19-14(26)7-16(31-21(18)19)11-3-2-4-12(22)20(11)23/h2-4,7-8,10,15,25,27H,5-6,9,22H2,1H3,(H2,28,29,30). The van der Waals surface area contributed by atoms with Crippen LogP contribution >= 0.6 is 19.4 Å². The van der Waals surface area contributed by atoms with E-state index in [9.17, 15) is 29.4 Å². The number of aromatic hydroxyl groups is 1. The number of hydrogen-bond acceptors (Lipinski definition) is 7. The third-order valence-electron chi connectivity index (χ3n) is 5.81.